The number of carbonyl (C=O) groups excluding carboxylic acids is 2. The number of ether oxygens (including phenoxy) is 1. The number of nitrogens with one attached hydrogen (secondary N) is 2. The number of alkyl halides is 3. The van der Waals surface area contributed by atoms with Crippen LogP contribution in [0.2, 0.25) is 0 Å². The van der Waals surface area contributed by atoms with Gasteiger partial charge < -0.3 is 15.4 Å². The minimum atomic E-state index is -1.92. The molecule has 5 nitrogen and oxygen atoms in total. The maximum Gasteiger partial charge on any atom is 0.341 e. The fourth-order valence-electron chi connectivity index (χ4n) is 2.89. The van der Waals surface area contributed by atoms with Crippen molar-refractivity contribution in [1.29, 1.82) is 0 Å². The molecule has 0 saturated heterocycles. The topological polar surface area (TPSA) is 67.4 Å². The third-order valence-electron chi connectivity index (χ3n) is 4.35. The molecule has 1 unspecified atom stereocenters. The molecule has 3 aromatic rings. The van der Waals surface area contributed by atoms with Crippen LogP contribution in [0.25, 0.3) is 11.1 Å². The SMILES string of the molecule is CCOC(=O)c1c(-c2ccccc2)csc1NC(NC(=O)c1ccccc1Br)C(Cl)(Cl)Cl. The lowest BCUT2D eigenvalue weighted by Crippen LogP contribution is -2.49. The van der Waals surface area contributed by atoms with E-state index in [1.54, 1.807) is 31.2 Å². The van der Waals surface area contributed by atoms with Crippen LogP contribution in [-0.4, -0.2) is 28.4 Å². The number of benzene rings is 2. The molecule has 0 saturated carbocycles. The molecule has 1 atom stereocenters. The van der Waals surface area contributed by atoms with Gasteiger partial charge in [0.2, 0.25) is 3.79 Å². The molecule has 2 aromatic carbocycles. The van der Waals surface area contributed by atoms with E-state index >= 15 is 0 Å². The van der Waals surface area contributed by atoms with Gasteiger partial charge in [-0.15, -0.1) is 11.3 Å². The van der Waals surface area contributed by atoms with Gasteiger partial charge in [-0.3, -0.25) is 4.79 Å². The highest BCUT2D eigenvalue weighted by molar-refractivity contribution is 9.10. The van der Waals surface area contributed by atoms with Gasteiger partial charge in [0.15, 0.2) is 0 Å². The monoisotopic (exact) mass is 574 g/mol. The normalized spacial score (nSPS) is 12.2. The van der Waals surface area contributed by atoms with Crippen molar-refractivity contribution in [2.75, 3.05) is 11.9 Å². The standard InChI is InChI=1S/C22H18BrCl3N2O3S/c1-2-31-20(30)17-15(13-8-4-3-5-9-13)12-32-19(17)28-21(22(24,25)26)27-18(29)14-10-6-7-11-16(14)23/h3-12,21,28H,2H2,1H3,(H,27,29). The van der Waals surface area contributed by atoms with Crippen LogP contribution in [-0.2, 0) is 4.74 Å². The van der Waals surface area contributed by atoms with Crippen LogP contribution in [0.4, 0.5) is 5.00 Å². The lowest BCUT2D eigenvalue weighted by atomic mass is 10.0. The summed E-state index contributed by atoms with van der Waals surface area (Å²) >= 11 is 23.1. The van der Waals surface area contributed by atoms with Crippen LogP contribution < -0.4 is 10.6 Å². The number of thiophene rings is 1. The first-order chi connectivity index (χ1) is 15.2. The molecule has 1 aromatic heterocycles. The predicted molar refractivity (Wildman–Crippen MR) is 135 cm³/mol. The number of anilines is 1. The second kappa shape index (κ2) is 10.9. The van der Waals surface area contributed by atoms with Gasteiger partial charge in [-0.05, 0) is 40.5 Å². The Labute approximate surface area is 213 Å². The van der Waals surface area contributed by atoms with E-state index < -0.39 is 21.8 Å². The molecule has 168 valence electrons. The molecule has 0 fully saturated rings. The van der Waals surface area contributed by atoms with E-state index in [2.05, 4.69) is 26.6 Å². The summed E-state index contributed by atoms with van der Waals surface area (Å²) in [6.45, 7) is 1.93. The number of rotatable bonds is 7. The van der Waals surface area contributed by atoms with E-state index in [1.165, 1.54) is 11.3 Å². The first-order valence-electron chi connectivity index (χ1n) is 9.45. The third kappa shape index (κ3) is 5.97. The van der Waals surface area contributed by atoms with Gasteiger partial charge in [0, 0.05) is 15.4 Å². The van der Waals surface area contributed by atoms with Crippen molar-refractivity contribution >= 4 is 78.9 Å². The molecule has 0 radical (unpaired) electrons. The van der Waals surface area contributed by atoms with Crippen molar-refractivity contribution in [2.24, 2.45) is 0 Å². The van der Waals surface area contributed by atoms with E-state index in [1.807, 2.05) is 35.7 Å². The Morgan fingerprint density at radius 1 is 1.09 bits per heavy atom. The number of amides is 1. The Balaban J connectivity index is 1.96. The van der Waals surface area contributed by atoms with Gasteiger partial charge in [-0.25, -0.2) is 4.79 Å². The van der Waals surface area contributed by atoms with Gasteiger partial charge in [0.05, 0.1) is 12.2 Å². The minimum absolute atomic E-state index is 0.203. The van der Waals surface area contributed by atoms with E-state index in [-0.39, 0.29) is 6.61 Å². The highest BCUT2D eigenvalue weighted by Crippen LogP contribution is 2.39. The number of carbonyl (C=O) groups is 2. The van der Waals surface area contributed by atoms with Crippen molar-refractivity contribution in [2.45, 2.75) is 16.9 Å². The molecule has 0 aliphatic carbocycles. The molecule has 0 bridgehead atoms. The van der Waals surface area contributed by atoms with Gasteiger partial charge >= 0.3 is 5.97 Å². The highest BCUT2D eigenvalue weighted by atomic mass is 79.9. The summed E-state index contributed by atoms with van der Waals surface area (Å²) in [4.78, 5) is 25.6. The van der Waals surface area contributed by atoms with Crippen LogP contribution >= 0.6 is 62.1 Å². The van der Waals surface area contributed by atoms with E-state index in [0.29, 0.717) is 26.2 Å². The largest absolute Gasteiger partial charge is 0.462 e. The predicted octanol–water partition coefficient (Wildman–Crippen LogP) is 6.89. The van der Waals surface area contributed by atoms with Gasteiger partial charge in [-0.2, -0.15) is 0 Å². The zero-order chi connectivity index (χ0) is 23.3. The highest BCUT2D eigenvalue weighted by Gasteiger charge is 2.36. The Hall–Kier alpha value is -1.77. The van der Waals surface area contributed by atoms with Crippen LogP contribution in [0, 0.1) is 0 Å². The molecule has 0 aliphatic heterocycles. The molecule has 0 spiro atoms. The Morgan fingerprint density at radius 2 is 1.75 bits per heavy atom. The fourth-order valence-corrected chi connectivity index (χ4v) is 4.66. The zero-order valence-electron chi connectivity index (χ0n) is 16.7. The van der Waals surface area contributed by atoms with Crippen molar-refractivity contribution < 1.29 is 14.3 Å². The molecule has 3 rings (SSSR count). The molecular weight excluding hydrogens is 559 g/mol. The number of hydrogen-bond donors (Lipinski definition) is 2. The smallest absolute Gasteiger partial charge is 0.341 e. The molecule has 1 amide bonds. The average molecular weight is 577 g/mol. The number of halogens is 4. The van der Waals surface area contributed by atoms with Crippen LogP contribution in [0.1, 0.15) is 27.6 Å². The summed E-state index contributed by atoms with van der Waals surface area (Å²) in [7, 11) is 0. The molecule has 2 N–H and O–H groups in total. The lowest BCUT2D eigenvalue weighted by Gasteiger charge is -2.27. The fraction of sp³-hybridized carbons (Fsp3) is 0.182. The minimum Gasteiger partial charge on any atom is -0.462 e. The third-order valence-corrected chi connectivity index (χ3v) is 6.61. The van der Waals surface area contributed by atoms with E-state index in [9.17, 15) is 9.59 Å². The maximum absolute atomic E-state index is 12.8. The summed E-state index contributed by atoms with van der Waals surface area (Å²) < 4.78 is 3.93. The van der Waals surface area contributed by atoms with E-state index in [4.69, 9.17) is 39.5 Å². The van der Waals surface area contributed by atoms with Crippen molar-refractivity contribution in [1.82, 2.24) is 5.32 Å². The second-order valence-electron chi connectivity index (χ2n) is 6.51. The van der Waals surface area contributed by atoms with Crippen molar-refractivity contribution in [3.63, 3.8) is 0 Å². The molecule has 10 heteroatoms. The Morgan fingerprint density at radius 3 is 2.38 bits per heavy atom. The second-order valence-corrected chi connectivity index (χ2v) is 10.6. The summed E-state index contributed by atoms with van der Waals surface area (Å²) in [5, 5.41) is 7.92. The number of esters is 1. The first kappa shape index (κ1) is 24.9. The first-order valence-corrected chi connectivity index (χ1v) is 12.3. The summed E-state index contributed by atoms with van der Waals surface area (Å²) in [6, 6.07) is 16.3. The van der Waals surface area contributed by atoms with Crippen molar-refractivity contribution in [3.8, 4) is 11.1 Å². The summed E-state index contributed by atoms with van der Waals surface area (Å²) in [5.74, 6) is -0.978. The van der Waals surface area contributed by atoms with Crippen molar-refractivity contribution in [3.05, 3.63) is 75.6 Å². The summed E-state index contributed by atoms with van der Waals surface area (Å²) in [6.07, 6.45) is -1.14. The molecular formula is C22H18BrCl3N2O3S. The lowest BCUT2D eigenvalue weighted by molar-refractivity contribution is 0.0529. The quantitative estimate of drug-likeness (QED) is 0.183. The Kier molecular flexibility index (Phi) is 8.47. The average Bonchev–Trinajstić information content (AvgIpc) is 3.17. The van der Waals surface area contributed by atoms with Gasteiger partial charge in [0.25, 0.3) is 5.91 Å². The van der Waals surface area contributed by atoms with Crippen LogP contribution in [0.3, 0.4) is 0 Å². The van der Waals surface area contributed by atoms with Gasteiger partial charge in [-0.1, -0.05) is 77.3 Å². The zero-order valence-corrected chi connectivity index (χ0v) is 21.4. The molecule has 0 aliphatic rings. The van der Waals surface area contributed by atoms with E-state index in [0.717, 1.165) is 5.56 Å². The molecule has 32 heavy (non-hydrogen) atoms. The Bertz CT molecular complexity index is 1100. The van der Waals surface area contributed by atoms with Crippen LogP contribution in [0.15, 0.2) is 64.5 Å². The maximum atomic E-state index is 12.8. The molecule has 1 heterocycles. The summed E-state index contributed by atoms with van der Waals surface area (Å²) in [5.41, 5.74) is 2.19. The van der Waals surface area contributed by atoms with Gasteiger partial charge in [0.1, 0.15) is 16.7 Å². The van der Waals surface area contributed by atoms with Crippen LogP contribution in [0.5, 0.6) is 0 Å². The number of hydrogen-bond acceptors (Lipinski definition) is 5.